The van der Waals surface area contributed by atoms with Crippen molar-refractivity contribution in [1.29, 1.82) is 0 Å². The van der Waals surface area contributed by atoms with E-state index >= 15 is 0 Å². The van der Waals surface area contributed by atoms with Crippen molar-refractivity contribution < 1.29 is 4.74 Å². The fourth-order valence-corrected chi connectivity index (χ4v) is 1.88. The van der Waals surface area contributed by atoms with Gasteiger partial charge in [-0.3, -0.25) is 0 Å². The summed E-state index contributed by atoms with van der Waals surface area (Å²) in [7, 11) is 0. The first-order chi connectivity index (χ1) is 6.86. The zero-order valence-electron chi connectivity index (χ0n) is 9.37. The maximum atomic E-state index is 5.70. The molecule has 1 heterocycles. The second-order valence-corrected chi connectivity index (χ2v) is 4.02. The number of hydrogen-bond donors (Lipinski definition) is 0. The van der Waals surface area contributed by atoms with Gasteiger partial charge >= 0.3 is 0 Å². The van der Waals surface area contributed by atoms with Crippen molar-refractivity contribution in [2.24, 2.45) is 0 Å². The number of rotatable bonds is 6. The summed E-state index contributed by atoms with van der Waals surface area (Å²) in [6, 6.07) is 0. The maximum absolute atomic E-state index is 5.70. The number of hydrogen-bond acceptors (Lipinski definition) is 2. The number of unbranched alkanes of at least 4 members (excludes halogenated alkanes) is 3. The van der Waals surface area contributed by atoms with Crippen molar-refractivity contribution in [3.8, 4) is 0 Å². The molecule has 1 unspecified atom stereocenters. The van der Waals surface area contributed by atoms with Gasteiger partial charge in [0.2, 0.25) is 0 Å². The predicted octanol–water partition coefficient (Wildman–Crippen LogP) is 2.80. The van der Waals surface area contributed by atoms with Crippen molar-refractivity contribution >= 4 is 0 Å². The van der Waals surface area contributed by atoms with Crippen LogP contribution in [0.3, 0.4) is 0 Å². The van der Waals surface area contributed by atoms with Gasteiger partial charge in [-0.1, -0.05) is 39.2 Å². The highest BCUT2D eigenvalue weighted by atomic mass is 16.5. The Kier molecular flexibility index (Phi) is 5.69. The predicted molar refractivity (Wildman–Crippen MR) is 60.3 cm³/mol. The van der Waals surface area contributed by atoms with E-state index in [1.54, 1.807) is 0 Å². The Bertz CT molecular complexity index is 158. The van der Waals surface area contributed by atoms with Gasteiger partial charge in [-0.15, -0.1) is 0 Å². The molecule has 82 valence electrons. The Morgan fingerprint density at radius 3 is 3.00 bits per heavy atom. The van der Waals surface area contributed by atoms with E-state index in [4.69, 9.17) is 4.74 Å². The summed E-state index contributed by atoms with van der Waals surface area (Å²) >= 11 is 0. The molecule has 0 N–H and O–H groups in total. The third kappa shape index (κ3) is 4.14. The molecule has 2 nitrogen and oxygen atoms in total. The van der Waals surface area contributed by atoms with Crippen LogP contribution in [0.4, 0.5) is 0 Å². The van der Waals surface area contributed by atoms with E-state index in [0.29, 0.717) is 6.10 Å². The van der Waals surface area contributed by atoms with Crippen LogP contribution in [0.15, 0.2) is 12.8 Å². The minimum absolute atomic E-state index is 0.443. The third-order valence-corrected chi connectivity index (χ3v) is 2.81. The molecule has 0 spiro atoms. The molecule has 1 aliphatic heterocycles. The lowest BCUT2D eigenvalue weighted by Gasteiger charge is -2.31. The molecule has 2 heteroatoms. The van der Waals surface area contributed by atoms with Crippen LogP contribution in [-0.2, 0) is 4.74 Å². The number of nitrogens with zero attached hydrogens (tertiary/aromatic N) is 1. The Balaban J connectivity index is 2.08. The van der Waals surface area contributed by atoms with Crippen LogP contribution in [0, 0.1) is 0 Å². The van der Waals surface area contributed by atoms with Crippen LogP contribution < -0.4 is 0 Å². The summed E-state index contributed by atoms with van der Waals surface area (Å²) in [5.74, 6) is 0. The topological polar surface area (TPSA) is 12.5 Å². The van der Waals surface area contributed by atoms with Gasteiger partial charge in [-0.25, -0.2) is 0 Å². The first kappa shape index (κ1) is 11.6. The first-order valence-corrected chi connectivity index (χ1v) is 5.85. The van der Waals surface area contributed by atoms with E-state index in [2.05, 4.69) is 18.4 Å². The number of morpholine rings is 1. The van der Waals surface area contributed by atoms with E-state index in [-0.39, 0.29) is 0 Å². The molecule has 0 aromatic rings. The van der Waals surface area contributed by atoms with E-state index in [1.165, 1.54) is 32.1 Å². The van der Waals surface area contributed by atoms with Crippen LogP contribution >= 0.6 is 0 Å². The molecule has 0 bridgehead atoms. The van der Waals surface area contributed by atoms with E-state index in [1.807, 2.05) is 6.20 Å². The normalized spacial score (nSPS) is 22.4. The molecule has 1 atom stereocenters. The summed E-state index contributed by atoms with van der Waals surface area (Å²) in [6.07, 6.45) is 8.92. The second-order valence-electron chi connectivity index (χ2n) is 4.02. The molecule has 0 aromatic heterocycles. The van der Waals surface area contributed by atoms with Gasteiger partial charge in [0.05, 0.1) is 12.7 Å². The van der Waals surface area contributed by atoms with Crippen LogP contribution in [-0.4, -0.2) is 30.7 Å². The van der Waals surface area contributed by atoms with Crippen molar-refractivity contribution in [2.75, 3.05) is 19.7 Å². The minimum Gasteiger partial charge on any atom is -0.375 e. The van der Waals surface area contributed by atoms with Crippen LogP contribution in [0.5, 0.6) is 0 Å². The van der Waals surface area contributed by atoms with Gasteiger partial charge < -0.3 is 9.64 Å². The molecule has 0 amide bonds. The highest BCUT2D eigenvalue weighted by molar-refractivity contribution is 4.78. The summed E-state index contributed by atoms with van der Waals surface area (Å²) < 4.78 is 5.70. The third-order valence-electron chi connectivity index (χ3n) is 2.81. The lowest BCUT2D eigenvalue weighted by atomic mass is 10.1. The molecule has 1 saturated heterocycles. The minimum atomic E-state index is 0.443. The summed E-state index contributed by atoms with van der Waals surface area (Å²) in [6.45, 7) is 8.96. The molecule has 1 aliphatic rings. The van der Waals surface area contributed by atoms with Crippen molar-refractivity contribution in [3.05, 3.63) is 12.8 Å². The summed E-state index contributed by atoms with van der Waals surface area (Å²) in [5.41, 5.74) is 0. The van der Waals surface area contributed by atoms with Gasteiger partial charge in [-0.2, -0.15) is 0 Å². The molecular formula is C12H23NO. The fourth-order valence-electron chi connectivity index (χ4n) is 1.88. The largest absolute Gasteiger partial charge is 0.375 e. The average Bonchev–Trinajstić information content (AvgIpc) is 2.25. The average molecular weight is 197 g/mol. The summed E-state index contributed by atoms with van der Waals surface area (Å²) in [4.78, 5) is 2.26. The van der Waals surface area contributed by atoms with Crippen LogP contribution in [0.2, 0.25) is 0 Å². The molecule has 0 radical (unpaired) electrons. The fraction of sp³-hybridized carbons (Fsp3) is 0.833. The molecule has 0 aliphatic carbocycles. The van der Waals surface area contributed by atoms with Gasteiger partial charge in [0.15, 0.2) is 0 Å². The zero-order valence-corrected chi connectivity index (χ0v) is 9.37. The van der Waals surface area contributed by atoms with Gasteiger partial charge in [0, 0.05) is 13.1 Å². The van der Waals surface area contributed by atoms with Gasteiger partial charge in [0.1, 0.15) is 0 Å². The molecule has 14 heavy (non-hydrogen) atoms. The lowest BCUT2D eigenvalue weighted by Crippen LogP contribution is -2.39. The van der Waals surface area contributed by atoms with Crippen molar-refractivity contribution in [3.63, 3.8) is 0 Å². The summed E-state index contributed by atoms with van der Waals surface area (Å²) in [5, 5.41) is 0. The lowest BCUT2D eigenvalue weighted by molar-refractivity contribution is -0.0174. The highest BCUT2D eigenvalue weighted by Crippen LogP contribution is 2.13. The number of ether oxygens (including phenoxy) is 1. The second kappa shape index (κ2) is 6.88. The molecular weight excluding hydrogens is 174 g/mol. The SMILES string of the molecule is C=CN1CCOC(CCCCCC)C1. The molecule has 0 aromatic carbocycles. The quantitative estimate of drug-likeness (QED) is 0.607. The molecule has 1 fully saturated rings. The Hall–Kier alpha value is -0.500. The smallest absolute Gasteiger partial charge is 0.0750 e. The zero-order chi connectivity index (χ0) is 10.2. The van der Waals surface area contributed by atoms with Crippen molar-refractivity contribution in [2.45, 2.75) is 45.1 Å². The van der Waals surface area contributed by atoms with E-state index in [0.717, 1.165) is 19.7 Å². The van der Waals surface area contributed by atoms with Crippen LogP contribution in [0.1, 0.15) is 39.0 Å². The Labute approximate surface area is 87.9 Å². The molecule has 0 saturated carbocycles. The standard InChI is InChI=1S/C12H23NO/c1-3-5-6-7-8-12-11-13(4-2)9-10-14-12/h4,12H,2-3,5-11H2,1H3. The van der Waals surface area contributed by atoms with E-state index < -0.39 is 0 Å². The molecule has 1 rings (SSSR count). The van der Waals surface area contributed by atoms with Crippen LogP contribution in [0.25, 0.3) is 0 Å². The Morgan fingerprint density at radius 1 is 1.43 bits per heavy atom. The monoisotopic (exact) mass is 197 g/mol. The highest BCUT2D eigenvalue weighted by Gasteiger charge is 2.16. The first-order valence-electron chi connectivity index (χ1n) is 5.85. The maximum Gasteiger partial charge on any atom is 0.0750 e. The van der Waals surface area contributed by atoms with Gasteiger partial charge in [0.25, 0.3) is 0 Å². The van der Waals surface area contributed by atoms with E-state index in [9.17, 15) is 0 Å². The van der Waals surface area contributed by atoms with Crippen molar-refractivity contribution in [1.82, 2.24) is 4.90 Å². The van der Waals surface area contributed by atoms with Gasteiger partial charge in [-0.05, 0) is 12.6 Å². The Morgan fingerprint density at radius 2 is 2.29 bits per heavy atom.